The molecule has 0 heterocycles. The van der Waals surface area contributed by atoms with Crippen LogP contribution in [0.4, 0.5) is 17.6 Å². The zero-order chi connectivity index (χ0) is 25.2. The molecule has 0 aliphatic heterocycles. The van der Waals surface area contributed by atoms with E-state index in [1.54, 1.807) is 0 Å². The first-order valence-electron chi connectivity index (χ1n) is 9.74. The van der Waals surface area contributed by atoms with Crippen LogP contribution in [0, 0.1) is 23.3 Å². The average molecular weight is 482 g/mol. The second kappa shape index (κ2) is 9.98. The van der Waals surface area contributed by atoms with Crippen LogP contribution in [0.2, 0.25) is 0 Å². The van der Waals surface area contributed by atoms with Gasteiger partial charge in [0.15, 0.2) is 46.3 Å². The monoisotopic (exact) mass is 482 g/mol. The molecule has 3 rings (SSSR count). The molecule has 0 unspecified atom stereocenters. The van der Waals surface area contributed by atoms with Crippen molar-refractivity contribution in [2.45, 2.75) is 0 Å². The fourth-order valence-electron chi connectivity index (χ4n) is 3.59. The third-order valence-electron chi connectivity index (χ3n) is 5.17. The van der Waals surface area contributed by atoms with Crippen molar-refractivity contribution < 1.29 is 46.0 Å². The van der Waals surface area contributed by atoms with E-state index >= 15 is 17.6 Å². The molecule has 0 aliphatic rings. The Hall–Kier alpha value is -3.82. The molecule has 0 saturated carbocycles. The smallest absolute Gasteiger partial charge is 0.203 e. The van der Waals surface area contributed by atoms with Crippen molar-refractivity contribution in [3.05, 3.63) is 47.5 Å². The van der Waals surface area contributed by atoms with E-state index in [0.29, 0.717) is 0 Å². The predicted molar refractivity (Wildman–Crippen MR) is 116 cm³/mol. The Labute approximate surface area is 193 Å². The first kappa shape index (κ1) is 24.8. The van der Waals surface area contributed by atoms with Crippen LogP contribution in [-0.4, -0.2) is 42.7 Å². The van der Waals surface area contributed by atoms with Crippen molar-refractivity contribution in [3.63, 3.8) is 0 Å². The summed E-state index contributed by atoms with van der Waals surface area (Å²) >= 11 is 0. The van der Waals surface area contributed by atoms with E-state index in [1.807, 2.05) is 0 Å². The van der Waals surface area contributed by atoms with E-state index in [1.165, 1.54) is 66.9 Å². The first-order valence-corrected chi connectivity index (χ1v) is 9.74. The third-order valence-corrected chi connectivity index (χ3v) is 5.17. The van der Waals surface area contributed by atoms with Gasteiger partial charge in [0.2, 0.25) is 11.5 Å². The molecule has 0 N–H and O–H groups in total. The van der Waals surface area contributed by atoms with Crippen molar-refractivity contribution in [1.82, 2.24) is 0 Å². The lowest BCUT2D eigenvalue weighted by Gasteiger charge is -2.18. The van der Waals surface area contributed by atoms with Gasteiger partial charge in [-0.15, -0.1) is 0 Å². The number of rotatable bonds is 8. The van der Waals surface area contributed by atoms with Gasteiger partial charge < -0.3 is 28.4 Å². The van der Waals surface area contributed by atoms with Crippen molar-refractivity contribution in [1.29, 1.82) is 0 Å². The molecule has 3 aromatic rings. The SMILES string of the molecule is COc1cc(-c2c(F)c(F)c(-c3cc(OC)c(OC)c(OC)c3)c(F)c2F)cc(OC)c1OC. The Bertz CT molecular complexity index is 1060. The Morgan fingerprint density at radius 3 is 0.824 bits per heavy atom. The van der Waals surface area contributed by atoms with Crippen molar-refractivity contribution in [3.8, 4) is 56.8 Å². The number of hydrogen-bond acceptors (Lipinski definition) is 6. The van der Waals surface area contributed by atoms with E-state index in [4.69, 9.17) is 28.4 Å². The Morgan fingerprint density at radius 1 is 0.412 bits per heavy atom. The van der Waals surface area contributed by atoms with Crippen LogP contribution in [0.15, 0.2) is 24.3 Å². The molecule has 0 amide bonds. The standard InChI is InChI=1S/C24H22F4O6/c1-29-13-7-11(8-14(30-2)23(13)33-5)17-19(25)21(27)18(22(28)20(17)26)12-9-15(31-3)24(34-6)16(10-12)32-4/h7-10H,1-6H3. The zero-order valence-electron chi connectivity index (χ0n) is 19.3. The molecule has 0 atom stereocenters. The Balaban J connectivity index is 2.32. The number of ether oxygens (including phenoxy) is 6. The quantitative estimate of drug-likeness (QED) is 0.307. The van der Waals surface area contributed by atoms with E-state index in [2.05, 4.69) is 0 Å². The van der Waals surface area contributed by atoms with Gasteiger partial charge in [-0.2, -0.15) is 0 Å². The van der Waals surface area contributed by atoms with E-state index < -0.39 is 34.4 Å². The highest BCUT2D eigenvalue weighted by Gasteiger charge is 2.30. The van der Waals surface area contributed by atoms with Crippen molar-refractivity contribution in [2.75, 3.05) is 42.7 Å². The lowest BCUT2D eigenvalue weighted by atomic mass is 9.96. The van der Waals surface area contributed by atoms with Crippen LogP contribution in [-0.2, 0) is 0 Å². The van der Waals surface area contributed by atoms with Gasteiger partial charge in [-0.05, 0) is 35.4 Å². The third kappa shape index (κ3) is 4.00. The fourth-order valence-corrected chi connectivity index (χ4v) is 3.59. The van der Waals surface area contributed by atoms with Crippen LogP contribution in [0.25, 0.3) is 22.3 Å². The molecule has 6 nitrogen and oxygen atoms in total. The summed E-state index contributed by atoms with van der Waals surface area (Å²) in [5.41, 5.74) is -2.33. The van der Waals surface area contributed by atoms with Crippen LogP contribution in [0.5, 0.6) is 34.5 Å². The number of hydrogen-bond donors (Lipinski definition) is 0. The maximum atomic E-state index is 15.3. The highest BCUT2D eigenvalue weighted by molar-refractivity contribution is 5.78. The first-order chi connectivity index (χ1) is 16.3. The van der Waals surface area contributed by atoms with Crippen LogP contribution < -0.4 is 28.4 Å². The van der Waals surface area contributed by atoms with Gasteiger partial charge in [-0.1, -0.05) is 0 Å². The highest BCUT2D eigenvalue weighted by atomic mass is 19.2. The summed E-state index contributed by atoms with van der Waals surface area (Å²) in [5.74, 6) is -5.98. The predicted octanol–water partition coefficient (Wildman–Crippen LogP) is 5.63. The van der Waals surface area contributed by atoms with Crippen LogP contribution in [0.1, 0.15) is 0 Å². The molecule has 0 saturated heterocycles. The second-order valence-corrected chi connectivity index (χ2v) is 6.83. The molecule has 0 aromatic heterocycles. The molecule has 34 heavy (non-hydrogen) atoms. The molecule has 182 valence electrons. The minimum absolute atomic E-state index is 0.0465. The van der Waals surface area contributed by atoms with Crippen molar-refractivity contribution >= 4 is 0 Å². The number of methoxy groups -OCH3 is 6. The van der Waals surface area contributed by atoms with E-state index in [9.17, 15) is 0 Å². The Kier molecular flexibility index (Phi) is 7.29. The van der Waals surface area contributed by atoms with E-state index in [-0.39, 0.29) is 45.6 Å². The molecule has 0 spiro atoms. The van der Waals surface area contributed by atoms with Gasteiger partial charge in [0, 0.05) is 0 Å². The van der Waals surface area contributed by atoms with Gasteiger partial charge in [-0.3, -0.25) is 0 Å². The molecular weight excluding hydrogens is 460 g/mol. The number of halogens is 4. The molecule has 10 heteroatoms. The summed E-state index contributed by atoms with van der Waals surface area (Å²) in [5, 5.41) is 0. The molecule has 0 fully saturated rings. The summed E-state index contributed by atoms with van der Waals surface area (Å²) in [6.07, 6.45) is 0. The lowest BCUT2D eigenvalue weighted by Crippen LogP contribution is -2.05. The summed E-state index contributed by atoms with van der Waals surface area (Å²) in [7, 11) is 7.86. The van der Waals surface area contributed by atoms with Gasteiger partial charge >= 0.3 is 0 Å². The molecule has 0 bridgehead atoms. The van der Waals surface area contributed by atoms with Gasteiger partial charge in [-0.25, -0.2) is 17.6 Å². The van der Waals surface area contributed by atoms with Crippen LogP contribution >= 0.6 is 0 Å². The molecule has 0 radical (unpaired) electrons. The summed E-state index contributed by atoms with van der Waals surface area (Å²) in [4.78, 5) is 0. The second-order valence-electron chi connectivity index (χ2n) is 6.83. The van der Waals surface area contributed by atoms with Gasteiger partial charge in [0.1, 0.15) is 0 Å². The topological polar surface area (TPSA) is 55.4 Å². The maximum absolute atomic E-state index is 15.3. The highest BCUT2D eigenvalue weighted by Crippen LogP contribution is 2.46. The summed E-state index contributed by atoms with van der Waals surface area (Å²) in [6.45, 7) is 0. The minimum atomic E-state index is -1.61. The maximum Gasteiger partial charge on any atom is 0.203 e. The van der Waals surface area contributed by atoms with Gasteiger partial charge in [0.05, 0.1) is 53.8 Å². The van der Waals surface area contributed by atoms with Crippen LogP contribution in [0.3, 0.4) is 0 Å². The van der Waals surface area contributed by atoms with E-state index in [0.717, 1.165) is 0 Å². The van der Waals surface area contributed by atoms with Crippen molar-refractivity contribution in [2.24, 2.45) is 0 Å². The largest absolute Gasteiger partial charge is 0.493 e. The molecule has 3 aromatic carbocycles. The fraction of sp³-hybridized carbons (Fsp3) is 0.250. The minimum Gasteiger partial charge on any atom is -0.493 e. The molecular formula is C24H22F4O6. The molecule has 0 aliphatic carbocycles. The zero-order valence-corrected chi connectivity index (χ0v) is 19.3. The summed E-state index contributed by atoms with van der Waals surface area (Å²) in [6, 6.07) is 4.73. The number of benzene rings is 3. The average Bonchev–Trinajstić information content (AvgIpc) is 2.86. The normalized spacial score (nSPS) is 10.6. The van der Waals surface area contributed by atoms with Gasteiger partial charge in [0.25, 0.3) is 0 Å². The Morgan fingerprint density at radius 2 is 0.647 bits per heavy atom. The lowest BCUT2D eigenvalue weighted by molar-refractivity contribution is 0.324. The summed E-state index contributed by atoms with van der Waals surface area (Å²) < 4.78 is 92.1.